The number of methoxy groups -OCH3 is 1. The van der Waals surface area contributed by atoms with Crippen molar-refractivity contribution in [3.8, 4) is 11.5 Å². The van der Waals surface area contributed by atoms with Gasteiger partial charge in [-0.3, -0.25) is 4.79 Å². The van der Waals surface area contributed by atoms with Gasteiger partial charge in [-0.05, 0) is 31.9 Å². The van der Waals surface area contributed by atoms with Gasteiger partial charge < -0.3 is 14.2 Å². The van der Waals surface area contributed by atoms with E-state index in [1.165, 1.54) is 0 Å². The number of rotatable bonds is 5. The molecule has 0 saturated carbocycles. The molecule has 1 aliphatic rings. The van der Waals surface area contributed by atoms with Gasteiger partial charge in [0.25, 0.3) is 0 Å². The highest BCUT2D eigenvalue weighted by Crippen LogP contribution is 2.37. The summed E-state index contributed by atoms with van der Waals surface area (Å²) in [6.07, 6.45) is 1.56. The summed E-state index contributed by atoms with van der Waals surface area (Å²) in [6, 6.07) is 3.44. The first-order chi connectivity index (χ1) is 10.1. The van der Waals surface area contributed by atoms with Crippen molar-refractivity contribution in [1.29, 1.82) is 0 Å². The predicted octanol–water partition coefficient (Wildman–Crippen LogP) is 2.40. The highest BCUT2D eigenvalue weighted by atomic mass is 16.6. The van der Waals surface area contributed by atoms with E-state index in [0.717, 1.165) is 18.4 Å². The molecule has 0 spiro atoms. The van der Waals surface area contributed by atoms with Gasteiger partial charge in [0.05, 0.1) is 19.3 Å². The molecule has 1 aliphatic carbocycles. The van der Waals surface area contributed by atoms with Crippen molar-refractivity contribution in [3.63, 3.8) is 0 Å². The van der Waals surface area contributed by atoms with Crippen LogP contribution in [0.3, 0.4) is 0 Å². The third-order valence-corrected chi connectivity index (χ3v) is 3.62. The van der Waals surface area contributed by atoms with Crippen molar-refractivity contribution in [2.75, 3.05) is 20.3 Å². The molecular weight excluding hydrogens is 272 g/mol. The summed E-state index contributed by atoms with van der Waals surface area (Å²) in [5, 5.41) is 0. The molecule has 0 heterocycles. The van der Waals surface area contributed by atoms with Crippen LogP contribution in [0.4, 0.5) is 0 Å². The maximum Gasteiger partial charge on any atom is 0.344 e. The fourth-order valence-corrected chi connectivity index (χ4v) is 2.51. The highest BCUT2D eigenvalue weighted by molar-refractivity contribution is 6.03. The number of benzene rings is 1. The summed E-state index contributed by atoms with van der Waals surface area (Å²) in [5.74, 6) is 0.658. The molecule has 0 aromatic heterocycles. The first-order valence-electron chi connectivity index (χ1n) is 7.11. The maximum absolute atomic E-state index is 12.4. The van der Waals surface area contributed by atoms with Crippen molar-refractivity contribution in [1.82, 2.24) is 0 Å². The summed E-state index contributed by atoms with van der Waals surface area (Å²) in [6.45, 7) is 3.74. The number of hydrogen-bond acceptors (Lipinski definition) is 5. The molecule has 0 radical (unpaired) electrons. The van der Waals surface area contributed by atoms with Crippen LogP contribution >= 0.6 is 0 Å². The summed E-state index contributed by atoms with van der Waals surface area (Å²) in [5.41, 5.74) is 1.40. The van der Waals surface area contributed by atoms with Gasteiger partial charge in [-0.2, -0.15) is 0 Å². The third kappa shape index (κ3) is 3.17. The lowest BCUT2D eigenvalue weighted by Gasteiger charge is -2.24. The number of hydrogen-bond donors (Lipinski definition) is 0. The fraction of sp³-hybridized carbons (Fsp3) is 0.500. The SMILES string of the molecule is CCOC(=O)COc1ccc(OC)c2c1C(=O)C(C)CC2. The second kappa shape index (κ2) is 6.61. The Morgan fingerprint density at radius 3 is 2.71 bits per heavy atom. The first-order valence-corrected chi connectivity index (χ1v) is 7.11. The smallest absolute Gasteiger partial charge is 0.344 e. The summed E-state index contributed by atoms with van der Waals surface area (Å²) in [4.78, 5) is 23.8. The molecule has 0 bridgehead atoms. The van der Waals surface area contributed by atoms with Gasteiger partial charge in [0.15, 0.2) is 12.4 Å². The van der Waals surface area contributed by atoms with Gasteiger partial charge in [-0.15, -0.1) is 0 Å². The number of fused-ring (bicyclic) bond motifs is 1. The van der Waals surface area contributed by atoms with Crippen molar-refractivity contribution >= 4 is 11.8 Å². The second-order valence-corrected chi connectivity index (χ2v) is 5.02. The average molecular weight is 292 g/mol. The normalized spacial score (nSPS) is 17.1. The fourth-order valence-electron chi connectivity index (χ4n) is 2.51. The molecule has 5 heteroatoms. The van der Waals surface area contributed by atoms with Crippen molar-refractivity contribution in [2.24, 2.45) is 5.92 Å². The molecular formula is C16H20O5. The van der Waals surface area contributed by atoms with Crippen LogP contribution in [-0.2, 0) is 16.0 Å². The van der Waals surface area contributed by atoms with Gasteiger partial charge in [0, 0.05) is 11.5 Å². The summed E-state index contributed by atoms with van der Waals surface area (Å²) in [7, 11) is 1.58. The Morgan fingerprint density at radius 2 is 2.05 bits per heavy atom. The van der Waals surface area contributed by atoms with E-state index in [1.54, 1.807) is 26.2 Å². The Balaban J connectivity index is 2.30. The van der Waals surface area contributed by atoms with Gasteiger partial charge >= 0.3 is 5.97 Å². The van der Waals surface area contributed by atoms with Crippen LogP contribution in [0.25, 0.3) is 0 Å². The Kier molecular flexibility index (Phi) is 4.83. The number of carbonyl (C=O) groups excluding carboxylic acids is 2. The third-order valence-electron chi connectivity index (χ3n) is 3.62. The minimum absolute atomic E-state index is 0.0361. The predicted molar refractivity (Wildman–Crippen MR) is 76.9 cm³/mol. The van der Waals surface area contributed by atoms with Crippen LogP contribution in [-0.4, -0.2) is 32.1 Å². The van der Waals surface area contributed by atoms with E-state index >= 15 is 0 Å². The van der Waals surface area contributed by atoms with Crippen molar-refractivity contribution < 1.29 is 23.8 Å². The molecule has 0 aliphatic heterocycles. The molecule has 0 N–H and O–H groups in total. The monoisotopic (exact) mass is 292 g/mol. The average Bonchev–Trinajstić information content (AvgIpc) is 2.48. The molecule has 1 aromatic carbocycles. The van der Waals surface area contributed by atoms with Gasteiger partial charge in [-0.25, -0.2) is 4.79 Å². The molecule has 1 unspecified atom stereocenters. The van der Waals surface area contributed by atoms with E-state index in [9.17, 15) is 9.59 Å². The van der Waals surface area contributed by atoms with Gasteiger partial charge in [-0.1, -0.05) is 6.92 Å². The van der Waals surface area contributed by atoms with Crippen LogP contribution in [0.2, 0.25) is 0 Å². The van der Waals surface area contributed by atoms with Crippen LogP contribution in [0.5, 0.6) is 11.5 Å². The molecule has 1 aromatic rings. The number of ether oxygens (including phenoxy) is 3. The van der Waals surface area contributed by atoms with Crippen LogP contribution < -0.4 is 9.47 Å². The number of carbonyl (C=O) groups is 2. The Hall–Kier alpha value is -2.04. The molecule has 0 amide bonds. The number of esters is 1. The minimum Gasteiger partial charge on any atom is -0.496 e. The highest BCUT2D eigenvalue weighted by Gasteiger charge is 2.30. The van der Waals surface area contributed by atoms with E-state index in [0.29, 0.717) is 23.7 Å². The largest absolute Gasteiger partial charge is 0.496 e. The van der Waals surface area contributed by atoms with Crippen LogP contribution in [0, 0.1) is 5.92 Å². The molecule has 21 heavy (non-hydrogen) atoms. The lowest BCUT2D eigenvalue weighted by Crippen LogP contribution is -2.23. The molecule has 0 saturated heterocycles. The zero-order valence-corrected chi connectivity index (χ0v) is 12.6. The Morgan fingerprint density at radius 1 is 1.33 bits per heavy atom. The number of Topliss-reactive ketones (excluding diaryl/α,β-unsaturated/α-hetero) is 1. The zero-order valence-electron chi connectivity index (χ0n) is 12.6. The van der Waals surface area contributed by atoms with E-state index in [2.05, 4.69) is 0 Å². The van der Waals surface area contributed by atoms with E-state index < -0.39 is 5.97 Å². The summed E-state index contributed by atoms with van der Waals surface area (Å²) < 4.78 is 15.6. The molecule has 2 rings (SSSR count). The van der Waals surface area contributed by atoms with Gasteiger partial charge in [0.2, 0.25) is 0 Å². The maximum atomic E-state index is 12.4. The topological polar surface area (TPSA) is 61.8 Å². The molecule has 1 atom stereocenters. The van der Waals surface area contributed by atoms with E-state index in [4.69, 9.17) is 14.2 Å². The number of ketones is 1. The summed E-state index contributed by atoms with van der Waals surface area (Å²) >= 11 is 0. The van der Waals surface area contributed by atoms with E-state index in [1.807, 2.05) is 6.92 Å². The molecule has 0 fully saturated rings. The first kappa shape index (κ1) is 15.4. The molecule has 5 nitrogen and oxygen atoms in total. The Bertz CT molecular complexity index is 550. The van der Waals surface area contributed by atoms with Crippen LogP contribution in [0.15, 0.2) is 12.1 Å². The van der Waals surface area contributed by atoms with E-state index in [-0.39, 0.29) is 18.3 Å². The quantitative estimate of drug-likeness (QED) is 0.780. The lowest BCUT2D eigenvalue weighted by molar-refractivity contribution is -0.145. The van der Waals surface area contributed by atoms with Crippen molar-refractivity contribution in [3.05, 3.63) is 23.3 Å². The standard InChI is InChI=1S/C16H20O5/c1-4-20-14(17)9-21-13-8-7-12(19-3)11-6-5-10(2)16(18)15(11)13/h7-8,10H,4-6,9H2,1-3H3. The minimum atomic E-state index is -0.446. The lowest BCUT2D eigenvalue weighted by atomic mass is 9.83. The Labute approximate surface area is 124 Å². The van der Waals surface area contributed by atoms with Crippen molar-refractivity contribution in [2.45, 2.75) is 26.7 Å². The molecule has 114 valence electrons. The van der Waals surface area contributed by atoms with Gasteiger partial charge in [0.1, 0.15) is 11.5 Å². The zero-order chi connectivity index (χ0) is 15.4. The van der Waals surface area contributed by atoms with Crippen LogP contribution in [0.1, 0.15) is 36.2 Å². The second-order valence-electron chi connectivity index (χ2n) is 5.02.